The normalized spacial score (nSPS) is 16.6. The Hall–Kier alpha value is -1.66. The summed E-state index contributed by atoms with van der Waals surface area (Å²) in [4.78, 5) is 16.3. The third kappa shape index (κ3) is 2.91. The molecule has 0 saturated carbocycles. The zero-order valence-electron chi connectivity index (χ0n) is 11.5. The SMILES string of the molecule is Cn1ncc(N2CCN(Cc3ccsc3)CC2)cc1=O. The van der Waals surface area contributed by atoms with E-state index in [0.717, 1.165) is 38.4 Å². The molecule has 0 bridgehead atoms. The van der Waals surface area contributed by atoms with Crippen LogP contribution in [0.5, 0.6) is 0 Å². The van der Waals surface area contributed by atoms with Gasteiger partial charge in [-0.3, -0.25) is 9.69 Å². The lowest BCUT2D eigenvalue weighted by atomic mass is 10.2. The molecule has 0 aromatic carbocycles. The Morgan fingerprint density at radius 3 is 2.75 bits per heavy atom. The summed E-state index contributed by atoms with van der Waals surface area (Å²) in [6, 6.07) is 3.85. The van der Waals surface area contributed by atoms with E-state index in [4.69, 9.17) is 0 Å². The molecule has 0 aliphatic carbocycles. The number of hydrogen-bond donors (Lipinski definition) is 0. The quantitative estimate of drug-likeness (QED) is 0.851. The zero-order chi connectivity index (χ0) is 13.9. The van der Waals surface area contributed by atoms with Gasteiger partial charge in [0.25, 0.3) is 5.56 Å². The predicted molar refractivity (Wildman–Crippen MR) is 81.3 cm³/mol. The van der Waals surface area contributed by atoms with Crippen LogP contribution >= 0.6 is 11.3 Å². The van der Waals surface area contributed by atoms with Gasteiger partial charge in [-0.1, -0.05) is 0 Å². The number of rotatable bonds is 3. The number of aryl methyl sites for hydroxylation is 1. The van der Waals surface area contributed by atoms with Crippen LogP contribution < -0.4 is 10.5 Å². The molecule has 3 rings (SSSR count). The van der Waals surface area contributed by atoms with Gasteiger partial charge in [-0.2, -0.15) is 16.4 Å². The fourth-order valence-corrected chi connectivity index (χ4v) is 3.10. The molecule has 1 aliphatic heterocycles. The summed E-state index contributed by atoms with van der Waals surface area (Å²) in [6.07, 6.45) is 1.77. The van der Waals surface area contributed by atoms with Crippen LogP contribution in [0, 0.1) is 0 Å². The molecule has 1 saturated heterocycles. The minimum Gasteiger partial charge on any atom is -0.368 e. The van der Waals surface area contributed by atoms with Crippen LogP contribution in [0.25, 0.3) is 0 Å². The van der Waals surface area contributed by atoms with Crippen LogP contribution in [0.2, 0.25) is 0 Å². The molecule has 3 heterocycles. The van der Waals surface area contributed by atoms with Crippen LogP contribution in [-0.2, 0) is 13.6 Å². The number of piperazine rings is 1. The molecule has 0 spiro atoms. The molecule has 6 heteroatoms. The molecule has 0 amide bonds. The standard InChI is InChI=1S/C14H18N4OS/c1-16-14(19)8-13(9-15-16)18-5-3-17(4-6-18)10-12-2-7-20-11-12/h2,7-9,11H,3-6,10H2,1H3. The summed E-state index contributed by atoms with van der Waals surface area (Å²) < 4.78 is 1.36. The molecular weight excluding hydrogens is 272 g/mol. The van der Waals surface area contributed by atoms with Crippen molar-refractivity contribution in [2.45, 2.75) is 6.54 Å². The Labute approximate surface area is 122 Å². The van der Waals surface area contributed by atoms with E-state index in [9.17, 15) is 4.79 Å². The smallest absolute Gasteiger partial charge is 0.268 e. The highest BCUT2D eigenvalue weighted by molar-refractivity contribution is 7.07. The van der Waals surface area contributed by atoms with Crippen LogP contribution in [-0.4, -0.2) is 40.9 Å². The molecule has 106 valence electrons. The average Bonchev–Trinajstić information content (AvgIpc) is 2.96. The van der Waals surface area contributed by atoms with Crippen LogP contribution in [0.1, 0.15) is 5.56 Å². The molecule has 0 radical (unpaired) electrons. The molecule has 0 atom stereocenters. The third-order valence-corrected chi connectivity index (χ3v) is 4.41. The van der Waals surface area contributed by atoms with Crippen molar-refractivity contribution < 1.29 is 0 Å². The first kappa shape index (κ1) is 13.3. The summed E-state index contributed by atoms with van der Waals surface area (Å²) >= 11 is 1.75. The molecule has 1 fully saturated rings. The predicted octanol–water partition coefficient (Wildman–Crippen LogP) is 1.16. The zero-order valence-corrected chi connectivity index (χ0v) is 12.3. The monoisotopic (exact) mass is 290 g/mol. The molecule has 1 aliphatic rings. The van der Waals surface area contributed by atoms with Crippen molar-refractivity contribution in [1.82, 2.24) is 14.7 Å². The first-order chi connectivity index (χ1) is 9.72. The van der Waals surface area contributed by atoms with Gasteiger partial charge in [0, 0.05) is 45.8 Å². The lowest BCUT2D eigenvalue weighted by molar-refractivity contribution is 0.250. The maximum Gasteiger partial charge on any atom is 0.268 e. The minimum atomic E-state index is -0.0526. The van der Waals surface area contributed by atoms with E-state index < -0.39 is 0 Å². The van der Waals surface area contributed by atoms with Crippen molar-refractivity contribution in [2.24, 2.45) is 7.05 Å². The number of hydrogen-bond acceptors (Lipinski definition) is 5. The number of aromatic nitrogens is 2. The molecule has 2 aromatic rings. The molecule has 2 aromatic heterocycles. The molecular formula is C14H18N4OS. The van der Waals surface area contributed by atoms with E-state index in [0.29, 0.717) is 0 Å². The van der Waals surface area contributed by atoms with Gasteiger partial charge in [0.1, 0.15) is 0 Å². The van der Waals surface area contributed by atoms with Gasteiger partial charge in [0.05, 0.1) is 11.9 Å². The van der Waals surface area contributed by atoms with Crippen molar-refractivity contribution in [3.63, 3.8) is 0 Å². The number of nitrogens with zero attached hydrogens (tertiary/aromatic N) is 4. The van der Waals surface area contributed by atoms with Crippen LogP contribution in [0.4, 0.5) is 5.69 Å². The second-order valence-electron chi connectivity index (χ2n) is 5.07. The van der Waals surface area contributed by atoms with Gasteiger partial charge < -0.3 is 4.90 Å². The van der Waals surface area contributed by atoms with Crippen molar-refractivity contribution in [1.29, 1.82) is 0 Å². The molecule has 0 unspecified atom stereocenters. The maximum absolute atomic E-state index is 11.6. The molecule has 0 N–H and O–H groups in total. The van der Waals surface area contributed by atoms with Crippen molar-refractivity contribution in [3.05, 3.63) is 45.0 Å². The Kier molecular flexibility index (Phi) is 3.84. The highest BCUT2D eigenvalue weighted by Crippen LogP contribution is 2.15. The lowest BCUT2D eigenvalue weighted by Gasteiger charge is -2.35. The molecule has 20 heavy (non-hydrogen) atoms. The summed E-state index contributed by atoms with van der Waals surface area (Å²) in [5.74, 6) is 0. The van der Waals surface area contributed by atoms with E-state index in [1.54, 1.807) is 30.6 Å². The van der Waals surface area contributed by atoms with Gasteiger partial charge in [0.2, 0.25) is 0 Å². The van der Waals surface area contributed by atoms with E-state index in [2.05, 4.69) is 31.7 Å². The fraction of sp³-hybridized carbons (Fsp3) is 0.429. The Balaban J connectivity index is 1.60. The average molecular weight is 290 g/mol. The van der Waals surface area contributed by atoms with E-state index >= 15 is 0 Å². The van der Waals surface area contributed by atoms with E-state index in [1.807, 2.05) is 0 Å². The van der Waals surface area contributed by atoms with Gasteiger partial charge in [-0.25, -0.2) is 4.68 Å². The first-order valence-corrected chi connectivity index (χ1v) is 7.68. The van der Waals surface area contributed by atoms with E-state index in [1.165, 1.54) is 10.2 Å². The van der Waals surface area contributed by atoms with Gasteiger partial charge in [-0.05, 0) is 22.4 Å². The van der Waals surface area contributed by atoms with Gasteiger partial charge in [-0.15, -0.1) is 0 Å². The van der Waals surface area contributed by atoms with Crippen molar-refractivity contribution >= 4 is 17.0 Å². The van der Waals surface area contributed by atoms with Gasteiger partial charge >= 0.3 is 0 Å². The highest BCUT2D eigenvalue weighted by Gasteiger charge is 2.18. The second kappa shape index (κ2) is 5.76. The minimum absolute atomic E-state index is 0.0526. The van der Waals surface area contributed by atoms with Crippen molar-refractivity contribution in [2.75, 3.05) is 31.1 Å². The Morgan fingerprint density at radius 2 is 2.10 bits per heavy atom. The maximum atomic E-state index is 11.6. The second-order valence-corrected chi connectivity index (χ2v) is 5.85. The van der Waals surface area contributed by atoms with Crippen LogP contribution in [0.15, 0.2) is 33.9 Å². The fourth-order valence-electron chi connectivity index (χ4n) is 2.44. The summed E-state index contributed by atoms with van der Waals surface area (Å²) in [5, 5.41) is 8.41. The topological polar surface area (TPSA) is 41.4 Å². The summed E-state index contributed by atoms with van der Waals surface area (Å²) in [7, 11) is 1.67. The lowest BCUT2D eigenvalue weighted by Crippen LogP contribution is -2.46. The van der Waals surface area contributed by atoms with Crippen LogP contribution in [0.3, 0.4) is 0 Å². The highest BCUT2D eigenvalue weighted by atomic mass is 32.1. The summed E-state index contributed by atoms with van der Waals surface area (Å²) in [5.41, 5.74) is 2.27. The Morgan fingerprint density at radius 1 is 1.30 bits per heavy atom. The largest absolute Gasteiger partial charge is 0.368 e. The summed E-state index contributed by atoms with van der Waals surface area (Å²) in [6.45, 7) is 4.94. The Bertz CT molecular complexity index is 614. The van der Waals surface area contributed by atoms with Gasteiger partial charge in [0.15, 0.2) is 0 Å². The third-order valence-electron chi connectivity index (χ3n) is 3.68. The first-order valence-electron chi connectivity index (χ1n) is 6.74. The number of anilines is 1. The van der Waals surface area contributed by atoms with E-state index in [-0.39, 0.29) is 5.56 Å². The molecule has 5 nitrogen and oxygen atoms in total. The van der Waals surface area contributed by atoms with Crippen molar-refractivity contribution in [3.8, 4) is 0 Å². The number of thiophene rings is 1.